The minimum atomic E-state index is -2.84. The molecule has 1 atom stereocenters. The average Bonchev–Trinajstić information content (AvgIpc) is 3.17. The van der Waals surface area contributed by atoms with Crippen LogP contribution in [0.1, 0.15) is 25.3 Å². The van der Waals surface area contributed by atoms with E-state index in [4.69, 9.17) is 0 Å². The van der Waals surface area contributed by atoms with E-state index in [1.165, 1.54) is 5.56 Å². The fourth-order valence-electron chi connectivity index (χ4n) is 3.15. The van der Waals surface area contributed by atoms with Gasteiger partial charge in [0, 0.05) is 25.0 Å². The topological polar surface area (TPSA) is 55.2 Å². The molecule has 0 saturated carbocycles. The third-order valence-electron chi connectivity index (χ3n) is 4.33. The van der Waals surface area contributed by atoms with E-state index in [1.807, 2.05) is 16.9 Å². The Morgan fingerprint density at radius 3 is 2.65 bits per heavy atom. The molecule has 1 fully saturated rings. The summed E-state index contributed by atoms with van der Waals surface area (Å²) in [5, 5.41) is 4.23. The molecule has 1 unspecified atom stereocenters. The van der Waals surface area contributed by atoms with Crippen LogP contribution in [-0.2, 0) is 16.4 Å². The average molecular weight is 333 g/mol. The highest BCUT2D eigenvalue weighted by atomic mass is 32.2. The van der Waals surface area contributed by atoms with Gasteiger partial charge in [-0.2, -0.15) is 5.10 Å². The smallest absolute Gasteiger partial charge is 0.151 e. The van der Waals surface area contributed by atoms with Crippen molar-refractivity contribution in [2.75, 3.05) is 18.1 Å². The van der Waals surface area contributed by atoms with E-state index in [9.17, 15) is 8.42 Å². The summed E-state index contributed by atoms with van der Waals surface area (Å²) in [7, 11) is -2.84. The van der Waals surface area contributed by atoms with Gasteiger partial charge in [-0.25, -0.2) is 13.1 Å². The molecule has 5 nitrogen and oxygen atoms in total. The van der Waals surface area contributed by atoms with E-state index >= 15 is 0 Å². The van der Waals surface area contributed by atoms with Crippen molar-refractivity contribution in [3.8, 4) is 5.69 Å². The molecule has 1 saturated heterocycles. The Kier molecular flexibility index (Phi) is 4.82. The van der Waals surface area contributed by atoms with Crippen molar-refractivity contribution < 1.29 is 8.42 Å². The van der Waals surface area contributed by atoms with Gasteiger partial charge in [-0.15, -0.1) is 0 Å². The number of hydrogen-bond donors (Lipinski definition) is 0. The lowest BCUT2D eigenvalue weighted by atomic mass is 10.1. The van der Waals surface area contributed by atoms with Crippen LogP contribution < -0.4 is 0 Å². The second-order valence-electron chi connectivity index (χ2n) is 6.14. The lowest BCUT2D eigenvalue weighted by Gasteiger charge is -2.27. The SMILES string of the molecule is CCCN(Cc1ccc(-n2cccn2)cc1)C1CCS(=O)(=O)C1. The molecule has 1 aliphatic heterocycles. The number of nitrogens with zero attached hydrogens (tertiary/aromatic N) is 3. The van der Waals surface area contributed by atoms with Crippen LogP contribution in [0.25, 0.3) is 5.69 Å². The normalized spacial score (nSPS) is 20.2. The lowest BCUT2D eigenvalue weighted by molar-refractivity contribution is 0.204. The summed E-state index contributed by atoms with van der Waals surface area (Å²) < 4.78 is 25.3. The second kappa shape index (κ2) is 6.84. The van der Waals surface area contributed by atoms with E-state index in [2.05, 4.69) is 41.2 Å². The Labute approximate surface area is 137 Å². The Morgan fingerprint density at radius 1 is 1.30 bits per heavy atom. The molecule has 0 radical (unpaired) electrons. The van der Waals surface area contributed by atoms with Gasteiger partial charge in [0.15, 0.2) is 9.84 Å². The first kappa shape index (κ1) is 16.2. The molecule has 0 amide bonds. The summed E-state index contributed by atoms with van der Waals surface area (Å²) in [6, 6.07) is 10.4. The fourth-order valence-corrected chi connectivity index (χ4v) is 4.91. The zero-order valence-electron chi connectivity index (χ0n) is 13.4. The number of hydrogen-bond acceptors (Lipinski definition) is 4. The van der Waals surface area contributed by atoms with E-state index in [0.717, 1.165) is 31.6 Å². The molecule has 1 aromatic carbocycles. The number of aromatic nitrogens is 2. The number of sulfone groups is 1. The van der Waals surface area contributed by atoms with E-state index in [0.29, 0.717) is 11.5 Å². The van der Waals surface area contributed by atoms with E-state index in [1.54, 1.807) is 6.20 Å². The molecular weight excluding hydrogens is 310 g/mol. The van der Waals surface area contributed by atoms with Gasteiger partial charge in [0.1, 0.15) is 0 Å². The molecule has 1 aromatic heterocycles. The first-order valence-corrected chi connectivity index (χ1v) is 9.93. The first-order valence-electron chi connectivity index (χ1n) is 8.11. The highest BCUT2D eigenvalue weighted by molar-refractivity contribution is 7.91. The van der Waals surface area contributed by atoms with Gasteiger partial charge in [-0.3, -0.25) is 4.90 Å². The van der Waals surface area contributed by atoms with Crippen LogP contribution in [0.3, 0.4) is 0 Å². The van der Waals surface area contributed by atoms with Crippen LogP contribution in [0, 0.1) is 0 Å². The summed E-state index contributed by atoms with van der Waals surface area (Å²) in [6.45, 7) is 3.87. The summed E-state index contributed by atoms with van der Waals surface area (Å²) in [5.74, 6) is 0.633. The first-order chi connectivity index (χ1) is 11.1. The molecule has 6 heteroatoms. The molecule has 1 aliphatic rings. The van der Waals surface area contributed by atoms with Gasteiger partial charge in [0.2, 0.25) is 0 Å². The second-order valence-corrected chi connectivity index (χ2v) is 8.37. The maximum absolute atomic E-state index is 11.7. The monoisotopic (exact) mass is 333 g/mol. The van der Waals surface area contributed by atoms with Crippen LogP contribution in [0.5, 0.6) is 0 Å². The molecule has 0 spiro atoms. The van der Waals surface area contributed by atoms with Crippen LogP contribution in [-0.4, -0.2) is 47.2 Å². The summed E-state index contributed by atoms with van der Waals surface area (Å²) in [5.41, 5.74) is 2.24. The molecule has 2 aromatic rings. The van der Waals surface area contributed by atoms with Gasteiger partial charge in [-0.1, -0.05) is 19.1 Å². The Balaban J connectivity index is 1.70. The van der Waals surface area contributed by atoms with Gasteiger partial charge >= 0.3 is 0 Å². The van der Waals surface area contributed by atoms with E-state index in [-0.39, 0.29) is 6.04 Å². The Bertz CT molecular complexity index is 724. The van der Waals surface area contributed by atoms with Crippen LogP contribution in [0.15, 0.2) is 42.7 Å². The van der Waals surface area contributed by atoms with Gasteiger partial charge in [-0.05, 0) is 43.1 Å². The summed E-state index contributed by atoms with van der Waals surface area (Å²) in [4.78, 5) is 2.31. The fraction of sp³-hybridized carbons (Fsp3) is 0.471. The Hall–Kier alpha value is -1.66. The lowest BCUT2D eigenvalue weighted by Crippen LogP contribution is -2.36. The van der Waals surface area contributed by atoms with E-state index < -0.39 is 9.84 Å². The molecule has 0 bridgehead atoms. The maximum Gasteiger partial charge on any atom is 0.151 e. The molecule has 124 valence electrons. The predicted octanol–water partition coefficient (Wildman–Crippen LogP) is 2.27. The minimum Gasteiger partial charge on any atom is -0.295 e. The van der Waals surface area contributed by atoms with Crippen molar-refractivity contribution in [1.29, 1.82) is 0 Å². The molecule has 3 rings (SSSR count). The van der Waals surface area contributed by atoms with Crippen molar-refractivity contribution in [1.82, 2.24) is 14.7 Å². The maximum atomic E-state index is 11.7. The van der Waals surface area contributed by atoms with Crippen molar-refractivity contribution in [2.24, 2.45) is 0 Å². The Morgan fingerprint density at radius 2 is 2.09 bits per heavy atom. The van der Waals surface area contributed by atoms with Crippen LogP contribution >= 0.6 is 0 Å². The zero-order valence-corrected chi connectivity index (χ0v) is 14.2. The highest BCUT2D eigenvalue weighted by Crippen LogP contribution is 2.21. The number of rotatable bonds is 6. The van der Waals surface area contributed by atoms with Crippen molar-refractivity contribution in [3.63, 3.8) is 0 Å². The quantitative estimate of drug-likeness (QED) is 0.814. The highest BCUT2D eigenvalue weighted by Gasteiger charge is 2.31. The van der Waals surface area contributed by atoms with Gasteiger partial charge < -0.3 is 0 Å². The summed E-state index contributed by atoms with van der Waals surface area (Å²) >= 11 is 0. The molecular formula is C17H23N3O2S. The third-order valence-corrected chi connectivity index (χ3v) is 6.08. The largest absolute Gasteiger partial charge is 0.295 e. The molecule has 0 aliphatic carbocycles. The van der Waals surface area contributed by atoms with Crippen LogP contribution in [0.4, 0.5) is 0 Å². The predicted molar refractivity (Wildman–Crippen MR) is 91.3 cm³/mol. The van der Waals surface area contributed by atoms with Crippen molar-refractivity contribution in [3.05, 3.63) is 48.3 Å². The molecule has 0 N–H and O–H groups in total. The zero-order chi connectivity index (χ0) is 16.3. The van der Waals surface area contributed by atoms with Crippen molar-refractivity contribution in [2.45, 2.75) is 32.4 Å². The summed E-state index contributed by atoms with van der Waals surface area (Å²) in [6.07, 6.45) is 5.47. The van der Waals surface area contributed by atoms with Gasteiger partial charge in [0.25, 0.3) is 0 Å². The molecule has 23 heavy (non-hydrogen) atoms. The molecule has 2 heterocycles. The number of benzene rings is 1. The standard InChI is InChI=1S/C17H23N3O2S/c1-2-10-19(17-8-12-23(21,22)14-17)13-15-4-6-16(7-5-15)20-11-3-9-18-20/h3-7,9,11,17H,2,8,10,12-14H2,1H3. The van der Waals surface area contributed by atoms with Gasteiger partial charge in [0.05, 0.1) is 17.2 Å². The van der Waals surface area contributed by atoms with Crippen molar-refractivity contribution >= 4 is 9.84 Å². The van der Waals surface area contributed by atoms with Crippen LogP contribution in [0.2, 0.25) is 0 Å². The minimum absolute atomic E-state index is 0.158. The third kappa shape index (κ3) is 4.00.